The number of hydrogen-bond acceptors (Lipinski definition) is 6. The first-order valence-electron chi connectivity index (χ1n) is 8.60. The summed E-state index contributed by atoms with van der Waals surface area (Å²) in [7, 11) is 0. The summed E-state index contributed by atoms with van der Waals surface area (Å²) in [5, 5.41) is 32.2. The molecule has 0 saturated heterocycles. The number of aromatic hydroxyl groups is 1. The lowest BCUT2D eigenvalue weighted by Gasteiger charge is -2.21. The minimum absolute atomic E-state index is 0.0159. The molecular formula is C21H21NO5. The highest BCUT2D eigenvalue weighted by atomic mass is 16.4. The second kappa shape index (κ2) is 8.53. The maximum absolute atomic E-state index is 11.7. The summed E-state index contributed by atoms with van der Waals surface area (Å²) in [5.74, 6) is -0.497. The van der Waals surface area contributed by atoms with E-state index in [1.807, 2.05) is 54.6 Å². The van der Waals surface area contributed by atoms with Gasteiger partial charge in [-0.15, -0.1) is 0 Å². The van der Waals surface area contributed by atoms with Gasteiger partial charge in [-0.05, 0) is 23.3 Å². The number of aliphatic hydroxyl groups is 2. The first-order valence-corrected chi connectivity index (χ1v) is 8.60. The molecular weight excluding hydrogens is 346 g/mol. The van der Waals surface area contributed by atoms with Crippen molar-refractivity contribution in [2.24, 2.45) is 0 Å². The predicted molar refractivity (Wildman–Crippen MR) is 103 cm³/mol. The highest BCUT2D eigenvalue weighted by Crippen LogP contribution is 2.29. The van der Waals surface area contributed by atoms with E-state index in [-0.39, 0.29) is 12.2 Å². The Kier molecular flexibility index (Phi) is 5.90. The average molecular weight is 367 g/mol. The van der Waals surface area contributed by atoms with Crippen LogP contribution in [0.3, 0.4) is 0 Å². The molecule has 2 atom stereocenters. The van der Waals surface area contributed by atoms with Crippen molar-refractivity contribution in [3.05, 3.63) is 82.9 Å². The topological polar surface area (TPSA) is 103 Å². The minimum Gasteiger partial charge on any atom is -0.502 e. The zero-order chi connectivity index (χ0) is 19.2. The Morgan fingerprint density at radius 3 is 2.30 bits per heavy atom. The Hall–Kier alpha value is -3.09. The van der Waals surface area contributed by atoms with Crippen molar-refractivity contribution in [1.29, 1.82) is 0 Å². The Balaban J connectivity index is 1.85. The van der Waals surface area contributed by atoms with Crippen molar-refractivity contribution in [2.75, 3.05) is 11.9 Å². The van der Waals surface area contributed by atoms with Crippen LogP contribution in [0.25, 0.3) is 11.1 Å². The molecule has 0 aliphatic heterocycles. The van der Waals surface area contributed by atoms with Gasteiger partial charge >= 0.3 is 0 Å². The molecule has 3 aromatic rings. The van der Waals surface area contributed by atoms with Gasteiger partial charge in [0.2, 0.25) is 11.2 Å². The van der Waals surface area contributed by atoms with E-state index >= 15 is 0 Å². The van der Waals surface area contributed by atoms with Gasteiger partial charge in [0, 0.05) is 18.2 Å². The van der Waals surface area contributed by atoms with Crippen molar-refractivity contribution in [3.63, 3.8) is 0 Å². The molecule has 0 radical (unpaired) electrons. The van der Waals surface area contributed by atoms with Crippen LogP contribution in [0.5, 0.6) is 5.75 Å². The van der Waals surface area contributed by atoms with E-state index in [9.17, 15) is 15.0 Å². The zero-order valence-corrected chi connectivity index (χ0v) is 14.6. The fourth-order valence-corrected chi connectivity index (χ4v) is 2.84. The Morgan fingerprint density at radius 2 is 1.63 bits per heavy atom. The summed E-state index contributed by atoms with van der Waals surface area (Å²) in [6.45, 7) is -0.442. The molecule has 0 bridgehead atoms. The van der Waals surface area contributed by atoms with Crippen LogP contribution in [0.2, 0.25) is 0 Å². The molecule has 0 spiro atoms. The number of nitrogens with one attached hydrogen (secondary N) is 1. The Labute approximate surface area is 156 Å². The molecule has 140 valence electrons. The van der Waals surface area contributed by atoms with Crippen LogP contribution in [0.15, 0.2) is 76.1 Å². The van der Waals surface area contributed by atoms with Crippen LogP contribution in [-0.2, 0) is 0 Å². The molecule has 0 amide bonds. The van der Waals surface area contributed by atoms with Gasteiger partial charge < -0.3 is 25.1 Å². The van der Waals surface area contributed by atoms with Crippen molar-refractivity contribution in [3.8, 4) is 16.9 Å². The van der Waals surface area contributed by atoms with Gasteiger partial charge in [0.1, 0.15) is 0 Å². The summed E-state index contributed by atoms with van der Waals surface area (Å²) in [4.78, 5) is 11.7. The second-order valence-corrected chi connectivity index (χ2v) is 6.21. The van der Waals surface area contributed by atoms with Gasteiger partial charge in [0.15, 0.2) is 5.76 Å². The molecule has 27 heavy (non-hydrogen) atoms. The number of aliphatic hydroxyl groups excluding tert-OH is 2. The van der Waals surface area contributed by atoms with E-state index in [0.717, 1.165) is 22.9 Å². The van der Waals surface area contributed by atoms with Crippen molar-refractivity contribution in [1.82, 2.24) is 0 Å². The third kappa shape index (κ3) is 4.55. The average Bonchev–Trinajstić information content (AvgIpc) is 2.70. The molecule has 1 heterocycles. The van der Waals surface area contributed by atoms with Gasteiger partial charge in [0.25, 0.3) is 0 Å². The largest absolute Gasteiger partial charge is 0.502 e. The molecule has 4 N–H and O–H groups in total. The SMILES string of the molecule is O=c1ccoc(C(CC(O)CO)Nc2ccc(-c3ccccc3)cc2)c1O. The van der Waals surface area contributed by atoms with Gasteiger partial charge in [-0.2, -0.15) is 0 Å². The molecule has 3 rings (SSSR count). The third-order valence-corrected chi connectivity index (χ3v) is 4.25. The molecule has 2 aromatic carbocycles. The smallest absolute Gasteiger partial charge is 0.226 e. The molecule has 1 aromatic heterocycles. The van der Waals surface area contributed by atoms with E-state index in [1.54, 1.807) is 0 Å². The van der Waals surface area contributed by atoms with Gasteiger partial charge in [-0.3, -0.25) is 4.79 Å². The first kappa shape index (κ1) is 18.7. The van der Waals surface area contributed by atoms with E-state index < -0.39 is 29.9 Å². The van der Waals surface area contributed by atoms with E-state index in [4.69, 9.17) is 9.52 Å². The molecule has 6 nitrogen and oxygen atoms in total. The lowest BCUT2D eigenvalue weighted by atomic mass is 10.0. The lowest BCUT2D eigenvalue weighted by Crippen LogP contribution is -2.22. The summed E-state index contributed by atoms with van der Waals surface area (Å²) < 4.78 is 5.31. The predicted octanol–water partition coefficient (Wildman–Crippen LogP) is 2.91. The fraction of sp³-hybridized carbons (Fsp3) is 0.190. The van der Waals surface area contributed by atoms with Crippen LogP contribution in [0, 0.1) is 0 Å². The molecule has 0 fully saturated rings. The second-order valence-electron chi connectivity index (χ2n) is 6.21. The van der Waals surface area contributed by atoms with E-state index in [2.05, 4.69) is 5.32 Å². The van der Waals surface area contributed by atoms with E-state index in [0.29, 0.717) is 0 Å². The van der Waals surface area contributed by atoms with Crippen LogP contribution < -0.4 is 10.7 Å². The van der Waals surface area contributed by atoms with Crippen molar-refractivity contribution < 1.29 is 19.7 Å². The molecule has 0 saturated carbocycles. The maximum atomic E-state index is 11.7. The Bertz CT molecular complexity index is 921. The van der Waals surface area contributed by atoms with Gasteiger partial charge in [0.05, 0.1) is 25.0 Å². The van der Waals surface area contributed by atoms with Gasteiger partial charge in [-0.25, -0.2) is 0 Å². The summed E-state index contributed by atoms with van der Waals surface area (Å²) in [6.07, 6.45) is 0.212. The normalized spacial score (nSPS) is 13.1. The number of rotatable bonds is 7. The van der Waals surface area contributed by atoms with Crippen LogP contribution >= 0.6 is 0 Å². The number of hydrogen-bond donors (Lipinski definition) is 4. The quantitative estimate of drug-likeness (QED) is 0.512. The minimum atomic E-state index is -1.03. The third-order valence-electron chi connectivity index (χ3n) is 4.25. The summed E-state index contributed by atoms with van der Waals surface area (Å²) >= 11 is 0. The van der Waals surface area contributed by atoms with Crippen LogP contribution in [0.1, 0.15) is 18.2 Å². The first-order chi connectivity index (χ1) is 13.1. The lowest BCUT2D eigenvalue weighted by molar-refractivity contribution is 0.0819. The number of anilines is 1. The molecule has 0 aliphatic carbocycles. The standard InChI is InChI=1S/C21H21NO5/c23-13-17(24)12-18(21-20(26)19(25)10-11-27-21)22-16-8-6-15(7-9-16)14-4-2-1-3-5-14/h1-11,17-18,22-24,26H,12-13H2. The molecule has 6 heteroatoms. The highest BCUT2D eigenvalue weighted by Gasteiger charge is 2.23. The van der Waals surface area contributed by atoms with Crippen LogP contribution in [0.4, 0.5) is 5.69 Å². The van der Waals surface area contributed by atoms with Crippen molar-refractivity contribution in [2.45, 2.75) is 18.6 Å². The highest BCUT2D eigenvalue weighted by molar-refractivity contribution is 5.66. The van der Waals surface area contributed by atoms with Gasteiger partial charge in [-0.1, -0.05) is 42.5 Å². The fourth-order valence-electron chi connectivity index (χ4n) is 2.84. The molecule has 0 aliphatic rings. The summed E-state index contributed by atoms with van der Waals surface area (Å²) in [5.41, 5.74) is 2.28. The van der Waals surface area contributed by atoms with E-state index in [1.165, 1.54) is 6.26 Å². The van der Waals surface area contributed by atoms with Crippen LogP contribution in [-0.4, -0.2) is 28.0 Å². The number of benzene rings is 2. The summed E-state index contributed by atoms with van der Waals surface area (Å²) in [6, 6.07) is 17.9. The molecule has 2 unspecified atom stereocenters. The van der Waals surface area contributed by atoms with Crippen molar-refractivity contribution >= 4 is 5.69 Å². The maximum Gasteiger partial charge on any atom is 0.226 e. The Morgan fingerprint density at radius 1 is 0.963 bits per heavy atom. The zero-order valence-electron chi connectivity index (χ0n) is 14.6. The monoisotopic (exact) mass is 367 g/mol.